The van der Waals surface area contributed by atoms with Crippen LogP contribution in [0.4, 0.5) is 5.69 Å². The molecule has 37 heavy (non-hydrogen) atoms. The number of para-hydroxylation sites is 1. The number of amides is 3. The maximum absolute atomic E-state index is 13.4. The molecule has 2 aromatic carbocycles. The number of amidine groups is 2. The third-order valence-corrected chi connectivity index (χ3v) is 6.84. The molecule has 0 spiro atoms. The number of nitrogens with one attached hydrogen (secondary N) is 2. The van der Waals surface area contributed by atoms with Crippen LogP contribution in [-0.4, -0.2) is 45.4 Å². The van der Waals surface area contributed by atoms with E-state index in [4.69, 9.17) is 4.42 Å². The molecule has 0 aliphatic carbocycles. The van der Waals surface area contributed by atoms with Crippen LogP contribution < -0.4 is 10.6 Å². The van der Waals surface area contributed by atoms with E-state index in [9.17, 15) is 14.4 Å². The van der Waals surface area contributed by atoms with E-state index in [0.29, 0.717) is 29.0 Å². The van der Waals surface area contributed by atoms with Gasteiger partial charge in [-0.05, 0) is 36.2 Å². The number of furan rings is 1. The first-order valence-corrected chi connectivity index (χ1v) is 12.9. The molecule has 188 valence electrons. The van der Waals surface area contributed by atoms with Crippen LogP contribution in [0.25, 0.3) is 0 Å². The SMILES string of the molecule is O=C(CC[C@H]1N=C2c3ccccc3N=C(SCC(=O)NCc3ccco3)N2C1=O)NCc1ccccc1. The Bertz CT molecular complexity index is 1350. The first-order valence-electron chi connectivity index (χ1n) is 11.9. The molecule has 1 aromatic heterocycles. The van der Waals surface area contributed by atoms with E-state index in [-0.39, 0.29) is 42.9 Å². The van der Waals surface area contributed by atoms with E-state index in [2.05, 4.69) is 20.6 Å². The molecule has 1 atom stereocenters. The number of hydrogen-bond donors (Lipinski definition) is 2. The highest BCUT2D eigenvalue weighted by Gasteiger charge is 2.41. The highest BCUT2D eigenvalue weighted by Crippen LogP contribution is 2.34. The van der Waals surface area contributed by atoms with E-state index < -0.39 is 6.04 Å². The van der Waals surface area contributed by atoms with Crippen molar-refractivity contribution in [3.63, 3.8) is 0 Å². The van der Waals surface area contributed by atoms with Crippen molar-refractivity contribution in [2.45, 2.75) is 32.0 Å². The maximum Gasteiger partial charge on any atom is 0.259 e. The smallest absolute Gasteiger partial charge is 0.259 e. The number of hydrogen-bond acceptors (Lipinski definition) is 7. The lowest BCUT2D eigenvalue weighted by atomic mass is 10.1. The minimum Gasteiger partial charge on any atom is -0.467 e. The fraction of sp³-hybridized carbons (Fsp3) is 0.222. The van der Waals surface area contributed by atoms with Gasteiger partial charge in [0.05, 0.1) is 24.2 Å². The van der Waals surface area contributed by atoms with Gasteiger partial charge in [0.25, 0.3) is 5.91 Å². The molecule has 5 rings (SSSR count). The molecule has 0 saturated heterocycles. The standard InChI is InChI=1S/C27H25N5O4S/c33-23(28-15-18-7-2-1-3-8-18)13-12-22-26(35)32-25(30-22)20-10-4-5-11-21(20)31-27(32)37-17-24(34)29-16-19-9-6-14-36-19/h1-11,14,22H,12-13,15-17H2,(H,28,33)(H,29,34)/t22-/m1/s1. The topological polar surface area (TPSA) is 116 Å². The Labute approximate surface area is 218 Å². The normalized spacial score (nSPS) is 15.9. The minimum absolute atomic E-state index is 0.0747. The Morgan fingerprint density at radius 2 is 1.73 bits per heavy atom. The van der Waals surface area contributed by atoms with Crippen molar-refractivity contribution in [1.82, 2.24) is 15.5 Å². The fourth-order valence-electron chi connectivity index (χ4n) is 4.02. The lowest BCUT2D eigenvalue weighted by Crippen LogP contribution is -2.41. The van der Waals surface area contributed by atoms with Crippen LogP contribution in [0.2, 0.25) is 0 Å². The van der Waals surface area contributed by atoms with E-state index in [1.54, 1.807) is 18.4 Å². The summed E-state index contributed by atoms with van der Waals surface area (Å²) >= 11 is 1.17. The molecule has 0 radical (unpaired) electrons. The first-order chi connectivity index (χ1) is 18.1. The van der Waals surface area contributed by atoms with Gasteiger partial charge in [-0.25, -0.2) is 9.89 Å². The van der Waals surface area contributed by atoms with Crippen molar-refractivity contribution in [3.05, 3.63) is 89.9 Å². The quantitative estimate of drug-likeness (QED) is 0.453. The van der Waals surface area contributed by atoms with E-state index >= 15 is 0 Å². The summed E-state index contributed by atoms with van der Waals surface area (Å²) in [5, 5.41) is 6.08. The number of fused-ring (bicyclic) bond motifs is 3. The van der Waals surface area contributed by atoms with Crippen molar-refractivity contribution in [1.29, 1.82) is 0 Å². The van der Waals surface area contributed by atoms with Crippen molar-refractivity contribution in [2.75, 3.05) is 5.75 Å². The molecule has 2 aliphatic rings. The monoisotopic (exact) mass is 515 g/mol. The number of thioether (sulfide) groups is 1. The fourth-order valence-corrected chi connectivity index (χ4v) is 4.85. The lowest BCUT2D eigenvalue weighted by molar-refractivity contribution is -0.125. The molecule has 3 amide bonds. The summed E-state index contributed by atoms with van der Waals surface area (Å²) in [6.07, 6.45) is 2.00. The van der Waals surface area contributed by atoms with Gasteiger partial charge in [-0.3, -0.25) is 19.4 Å². The van der Waals surface area contributed by atoms with Crippen molar-refractivity contribution in [2.24, 2.45) is 9.98 Å². The van der Waals surface area contributed by atoms with Crippen molar-refractivity contribution in [3.8, 4) is 0 Å². The average molecular weight is 516 g/mol. The molecule has 0 bridgehead atoms. The molecule has 9 nitrogen and oxygen atoms in total. The summed E-state index contributed by atoms with van der Waals surface area (Å²) in [5.74, 6) is 0.637. The van der Waals surface area contributed by atoms with Gasteiger partial charge in [-0.1, -0.05) is 54.2 Å². The molecule has 3 heterocycles. The summed E-state index contributed by atoms with van der Waals surface area (Å²) in [6, 6.07) is 19.9. The Morgan fingerprint density at radius 1 is 0.946 bits per heavy atom. The predicted octanol–water partition coefficient (Wildman–Crippen LogP) is 3.38. The van der Waals surface area contributed by atoms with Gasteiger partial charge in [0.2, 0.25) is 11.8 Å². The zero-order valence-electron chi connectivity index (χ0n) is 19.9. The number of carbonyl (C=O) groups excluding carboxylic acids is 3. The zero-order valence-corrected chi connectivity index (χ0v) is 20.7. The third-order valence-electron chi connectivity index (χ3n) is 5.90. The predicted molar refractivity (Wildman–Crippen MR) is 141 cm³/mol. The summed E-state index contributed by atoms with van der Waals surface area (Å²) in [6.45, 7) is 0.715. The number of aliphatic imine (C=N–C) groups is 2. The lowest BCUT2D eigenvalue weighted by Gasteiger charge is -2.25. The Hall–Kier alpha value is -4.18. The van der Waals surface area contributed by atoms with Crippen LogP contribution in [0.1, 0.15) is 29.7 Å². The van der Waals surface area contributed by atoms with E-state index in [1.165, 1.54) is 16.7 Å². The highest BCUT2D eigenvalue weighted by molar-refractivity contribution is 8.14. The van der Waals surface area contributed by atoms with Gasteiger partial charge in [0.15, 0.2) is 5.17 Å². The average Bonchev–Trinajstić information content (AvgIpc) is 3.57. The van der Waals surface area contributed by atoms with Gasteiger partial charge >= 0.3 is 0 Å². The van der Waals surface area contributed by atoms with Crippen molar-refractivity contribution >= 4 is 46.2 Å². The number of rotatable bonds is 9. The first kappa shape index (κ1) is 24.5. The molecule has 10 heteroatoms. The molecule has 0 saturated carbocycles. The van der Waals surface area contributed by atoms with Crippen LogP contribution in [0.3, 0.4) is 0 Å². The molecule has 0 unspecified atom stereocenters. The minimum atomic E-state index is -0.692. The Balaban J connectivity index is 1.22. The van der Waals surface area contributed by atoms with Crippen LogP contribution in [0.15, 0.2) is 87.4 Å². The summed E-state index contributed by atoms with van der Waals surface area (Å²) in [5.41, 5.74) is 2.44. The van der Waals surface area contributed by atoms with Crippen molar-refractivity contribution < 1.29 is 18.8 Å². The number of nitrogens with zero attached hydrogens (tertiary/aromatic N) is 3. The maximum atomic E-state index is 13.4. The summed E-state index contributed by atoms with van der Waals surface area (Å²) < 4.78 is 5.24. The molecular weight excluding hydrogens is 490 g/mol. The molecule has 2 aliphatic heterocycles. The molecule has 0 fully saturated rings. The van der Waals surface area contributed by atoms with Gasteiger partial charge < -0.3 is 15.1 Å². The highest BCUT2D eigenvalue weighted by atomic mass is 32.2. The Morgan fingerprint density at radius 3 is 2.54 bits per heavy atom. The summed E-state index contributed by atoms with van der Waals surface area (Å²) in [7, 11) is 0. The molecular formula is C27H25N5O4S. The van der Waals surface area contributed by atoms with Gasteiger partial charge in [-0.15, -0.1) is 0 Å². The van der Waals surface area contributed by atoms with Gasteiger partial charge in [0, 0.05) is 18.5 Å². The zero-order chi connectivity index (χ0) is 25.6. The Kier molecular flexibility index (Phi) is 7.46. The second-order valence-electron chi connectivity index (χ2n) is 8.50. The third kappa shape index (κ3) is 5.80. The van der Waals surface area contributed by atoms with E-state index in [1.807, 2.05) is 54.6 Å². The number of benzene rings is 2. The van der Waals surface area contributed by atoms with Crippen LogP contribution >= 0.6 is 11.8 Å². The van der Waals surface area contributed by atoms with Gasteiger partial charge in [-0.2, -0.15) is 0 Å². The van der Waals surface area contributed by atoms with Crippen LogP contribution in [0, 0.1) is 0 Å². The van der Waals surface area contributed by atoms with E-state index in [0.717, 1.165) is 11.1 Å². The summed E-state index contributed by atoms with van der Waals surface area (Å²) in [4.78, 5) is 49.0. The second kappa shape index (κ2) is 11.3. The van der Waals surface area contributed by atoms with Crippen LogP contribution in [0.5, 0.6) is 0 Å². The second-order valence-corrected chi connectivity index (χ2v) is 9.44. The van der Waals surface area contributed by atoms with Gasteiger partial charge in [0.1, 0.15) is 17.6 Å². The molecule has 2 N–H and O–H groups in total. The largest absolute Gasteiger partial charge is 0.467 e. The van der Waals surface area contributed by atoms with Crippen LogP contribution in [-0.2, 0) is 27.5 Å². The molecule has 3 aromatic rings. The number of carbonyl (C=O) groups is 3.